The maximum Gasteiger partial charge on any atom is 0.238 e. The molecule has 1 heterocycles. The van der Waals surface area contributed by atoms with E-state index in [4.69, 9.17) is 0 Å². The number of carbonyl (C=O) groups excluding carboxylic acids is 1. The second kappa shape index (κ2) is 6.17. The van der Waals surface area contributed by atoms with Crippen LogP contribution in [0.25, 0.3) is 0 Å². The smallest absolute Gasteiger partial charge is 0.238 e. The maximum atomic E-state index is 11.9. The Kier molecular flexibility index (Phi) is 4.56. The first-order valence-corrected chi connectivity index (χ1v) is 6.96. The van der Waals surface area contributed by atoms with Gasteiger partial charge in [0.15, 0.2) is 0 Å². The van der Waals surface area contributed by atoms with Gasteiger partial charge in [-0.05, 0) is 44.0 Å². The summed E-state index contributed by atoms with van der Waals surface area (Å²) in [7, 11) is 0. The minimum atomic E-state index is 0.0115. The van der Waals surface area contributed by atoms with Gasteiger partial charge in [-0.15, -0.1) is 0 Å². The fraction of sp³-hybridized carbons (Fsp3) is 0.533. The minimum Gasteiger partial charge on any atom is -0.325 e. The molecule has 1 aromatic carbocycles. The molecule has 1 aliphatic heterocycles. The minimum absolute atomic E-state index is 0.0115. The molecule has 0 radical (unpaired) electrons. The summed E-state index contributed by atoms with van der Waals surface area (Å²) in [6.45, 7) is 6.56. The molecule has 0 saturated carbocycles. The lowest BCUT2D eigenvalue weighted by atomic mass is 10.0. The van der Waals surface area contributed by atoms with Crippen molar-refractivity contribution in [1.29, 1.82) is 0 Å². The topological polar surface area (TPSA) is 53.2 Å². The largest absolute Gasteiger partial charge is 0.325 e. The Morgan fingerprint density at radius 1 is 1.37 bits per heavy atom. The Morgan fingerprint density at radius 2 is 2.11 bits per heavy atom. The summed E-state index contributed by atoms with van der Waals surface area (Å²) >= 11 is 0. The molecule has 19 heavy (non-hydrogen) atoms. The first-order valence-electron chi connectivity index (χ1n) is 6.96. The number of rotatable bonds is 5. The molecule has 1 amide bonds. The zero-order valence-corrected chi connectivity index (χ0v) is 11.8. The number of benzene rings is 1. The molecule has 0 bridgehead atoms. The van der Waals surface area contributed by atoms with Crippen molar-refractivity contribution < 1.29 is 4.79 Å². The van der Waals surface area contributed by atoms with Crippen LogP contribution in [-0.2, 0) is 11.2 Å². The Morgan fingerprint density at radius 3 is 2.68 bits per heavy atom. The average molecular weight is 261 g/mol. The quantitative estimate of drug-likeness (QED) is 0.753. The lowest BCUT2D eigenvalue weighted by molar-refractivity contribution is -0.115. The van der Waals surface area contributed by atoms with Crippen molar-refractivity contribution in [2.45, 2.75) is 32.2 Å². The van der Waals surface area contributed by atoms with Crippen molar-refractivity contribution in [3.63, 3.8) is 0 Å². The van der Waals surface area contributed by atoms with Crippen LogP contribution in [0.1, 0.15) is 25.8 Å². The molecule has 4 heteroatoms. The summed E-state index contributed by atoms with van der Waals surface area (Å²) in [6.07, 6.45) is 2.08. The van der Waals surface area contributed by atoms with E-state index in [1.807, 2.05) is 24.3 Å². The van der Waals surface area contributed by atoms with E-state index in [9.17, 15) is 4.79 Å². The van der Waals surface area contributed by atoms with E-state index in [1.165, 1.54) is 5.56 Å². The average Bonchev–Trinajstić information content (AvgIpc) is 2.85. The molecule has 4 nitrogen and oxygen atoms in total. The second-order valence-corrected chi connectivity index (χ2v) is 5.44. The molecule has 0 aromatic heterocycles. The van der Waals surface area contributed by atoms with Crippen LogP contribution in [0.5, 0.6) is 0 Å². The summed E-state index contributed by atoms with van der Waals surface area (Å²) < 4.78 is 0. The Hall–Kier alpha value is -1.39. The van der Waals surface area contributed by atoms with E-state index in [0.29, 0.717) is 6.54 Å². The van der Waals surface area contributed by atoms with Gasteiger partial charge in [-0.1, -0.05) is 19.1 Å². The van der Waals surface area contributed by atoms with Crippen molar-refractivity contribution in [1.82, 2.24) is 10.6 Å². The summed E-state index contributed by atoms with van der Waals surface area (Å²) in [5, 5.41) is 9.54. The molecule has 1 fully saturated rings. The summed E-state index contributed by atoms with van der Waals surface area (Å²) in [6, 6.07) is 8.00. The molecule has 1 unspecified atom stereocenters. The highest BCUT2D eigenvalue weighted by Gasteiger charge is 2.28. The van der Waals surface area contributed by atoms with Crippen molar-refractivity contribution in [3.05, 3.63) is 29.8 Å². The van der Waals surface area contributed by atoms with E-state index in [-0.39, 0.29) is 11.4 Å². The van der Waals surface area contributed by atoms with Crippen LogP contribution in [-0.4, -0.2) is 31.1 Å². The third-order valence-electron chi connectivity index (χ3n) is 3.69. The van der Waals surface area contributed by atoms with Crippen molar-refractivity contribution in [2.75, 3.05) is 25.0 Å². The van der Waals surface area contributed by atoms with Gasteiger partial charge >= 0.3 is 0 Å². The summed E-state index contributed by atoms with van der Waals surface area (Å²) in [5.41, 5.74) is 2.18. The van der Waals surface area contributed by atoms with E-state index < -0.39 is 0 Å². The van der Waals surface area contributed by atoms with E-state index >= 15 is 0 Å². The molecule has 3 N–H and O–H groups in total. The number of hydrogen-bond acceptors (Lipinski definition) is 3. The lowest BCUT2D eigenvalue weighted by Crippen LogP contribution is -2.47. The van der Waals surface area contributed by atoms with Gasteiger partial charge in [0.25, 0.3) is 0 Å². The Bertz CT molecular complexity index is 422. The number of carbonyl (C=O) groups is 1. The molecular formula is C15H23N3O. The van der Waals surface area contributed by atoms with Gasteiger partial charge in [0.05, 0.1) is 6.54 Å². The SMILES string of the molecule is CCc1ccc(NC(=O)CNC2(C)CCNC2)cc1. The zero-order valence-electron chi connectivity index (χ0n) is 11.8. The first-order chi connectivity index (χ1) is 9.11. The Labute approximate surface area is 115 Å². The molecule has 1 aromatic rings. The molecule has 1 aliphatic rings. The predicted octanol–water partition coefficient (Wildman–Crippen LogP) is 1.53. The van der Waals surface area contributed by atoms with Gasteiger partial charge in [0, 0.05) is 17.8 Å². The monoisotopic (exact) mass is 261 g/mol. The third kappa shape index (κ3) is 4.04. The number of anilines is 1. The van der Waals surface area contributed by atoms with Gasteiger partial charge in [0.2, 0.25) is 5.91 Å². The highest BCUT2D eigenvalue weighted by Crippen LogP contribution is 2.13. The first kappa shape index (κ1) is 14.0. The predicted molar refractivity (Wildman–Crippen MR) is 78.3 cm³/mol. The molecular weight excluding hydrogens is 238 g/mol. The van der Waals surface area contributed by atoms with Crippen molar-refractivity contribution >= 4 is 11.6 Å². The van der Waals surface area contributed by atoms with Crippen LogP contribution in [0.3, 0.4) is 0 Å². The van der Waals surface area contributed by atoms with Crippen LogP contribution < -0.4 is 16.0 Å². The normalized spacial score (nSPS) is 22.4. The van der Waals surface area contributed by atoms with Gasteiger partial charge in [0.1, 0.15) is 0 Å². The molecule has 0 aliphatic carbocycles. The van der Waals surface area contributed by atoms with E-state index in [1.54, 1.807) is 0 Å². The van der Waals surface area contributed by atoms with Crippen LogP contribution in [0.4, 0.5) is 5.69 Å². The highest BCUT2D eigenvalue weighted by atomic mass is 16.1. The fourth-order valence-corrected chi connectivity index (χ4v) is 2.29. The molecule has 1 saturated heterocycles. The molecule has 1 atom stereocenters. The van der Waals surface area contributed by atoms with Crippen LogP contribution in [0, 0.1) is 0 Å². The number of nitrogens with one attached hydrogen (secondary N) is 3. The van der Waals surface area contributed by atoms with Crippen molar-refractivity contribution in [2.24, 2.45) is 0 Å². The molecule has 104 valence electrons. The number of amides is 1. The van der Waals surface area contributed by atoms with Gasteiger partial charge < -0.3 is 16.0 Å². The van der Waals surface area contributed by atoms with Crippen molar-refractivity contribution in [3.8, 4) is 0 Å². The number of hydrogen-bond donors (Lipinski definition) is 3. The standard InChI is InChI=1S/C15H23N3O/c1-3-12-4-6-13(7-5-12)18-14(19)10-17-15(2)8-9-16-11-15/h4-7,16-17H,3,8-11H2,1-2H3,(H,18,19). The van der Waals surface area contributed by atoms with Gasteiger partial charge in [-0.25, -0.2) is 0 Å². The molecule has 0 spiro atoms. The van der Waals surface area contributed by atoms with Crippen LogP contribution >= 0.6 is 0 Å². The van der Waals surface area contributed by atoms with Gasteiger partial charge in [-0.2, -0.15) is 0 Å². The van der Waals surface area contributed by atoms with Crippen LogP contribution in [0.2, 0.25) is 0 Å². The summed E-state index contributed by atoms with van der Waals surface area (Å²) in [4.78, 5) is 11.9. The highest BCUT2D eigenvalue weighted by molar-refractivity contribution is 5.92. The zero-order chi connectivity index (χ0) is 13.7. The lowest BCUT2D eigenvalue weighted by Gasteiger charge is -2.24. The van der Waals surface area contributed by atoms with Crippen LogP contribution in [0.15, 0.2) is 24.3 Å². The fourth-order valence-electron chi connectivity index (χ4n) is 2.29. The Balaban J connectivity index is 1.80. The second-order valence-electron chi connectivity index (χ2n) is 5.44. The summed E-state index contributed by atoms with van der Waals surface area (Å²) in [5.74, 6) is 0.0115. The van der Waals surface area contributed by atoms with Gasteiger partial charge in [-0.3, -0.25) is 4.79 Å². The third-order valence-corrected chi connectivity index (χ3v) is 3.69. The van der Waals surface area contributed by atoms with E-state index in [0.717, 1.165) is 31.6 Å². The molecule has 2 rings (SSSR count). The maximum absolute atomic E-state index is 11.9. The van der Waals surface area contributed by atoms with E-state index in [2.05, 4.69) is 29.8 Å². The number of aryl methyl sites for hydroxylation is 1.